The van der Waals surface area contributed by atoms with Crippen molar-refractivity contribution >= 4 is 22.7 Å². The van der Waals surface area contributed by atoms with Crippen molar-refractivity contribution < 1.29 is 5.11 Å². The summed E-state index contributed by atoms with van der Waals surface area (Å²) in [5.74, 6) is -0.847. The molecule has 0 bridgehead atoms. The zero-order chi connectivity index (χ0) is 29.8. The maximum absolute atomic E-state index is 12.3. The number of anilines is 4. The van der Waals surface area contributed by atoms with Crippen molar-refractivity contribution in [1.82, 2.24) is 0 Å². The maximum atomic E-state index is 12.3. The number of nitrogen functional groups attached to an aromatic ring is 1. The number of rotatable bonds is 6. The lowest BCUT2D eigenvalue weighted by Gasteiger charge is -2.35. The lowest BCUT2D eigenvalue weighted by atomic mass is 9.69. The number of nitrogens with zero attached hydrogens (tertiary/aromatic N) is 1. The molecule has 0 aliphatic heterocycles. The van der Waals surface area contributed by atoms with E-state index in [4.69, 9.17) is 5.73 Å². The average molecular weight is 539 g/mol. The van der Waals surface area contributed by atoms with Crippen LogP contribution in [0.5, 0.6) is 5.75 Å². The standard InChI is InChI=1S/C35H42N2O3/c1-21(29-30(38)32(40)31(29)39)35(8,9)27-20-26(18-19-28(27)36)37(24-14-10-22(11-15-24)33(2,3)4)25-16-12-23(13-17-25)34(5,6)7/h10-21,38H,36H2,1-9H3. The molecule has 4 aromatic rings. The molecule has 0 amide bonds. The van der Waals surface area contributed by atoms with E-state index in [0.29, 0.717) is 5.69 Å². The zero-order valence-electron chi connectivity index (χ0n) is 25.2. The first kappa shape index (κ1) is 29.1. The molecule has 0 saturated carbocycles. The van der Waals surface area contributed by atoms with Crippen molar-refractivity contribution in [3.05, 3.63) is 109 Å². The minimum atomic E-state index is -0.817. The van der Waals surface area contributed by atoms with Gasteiger partial charge in [-0.1, -0.05) is 86.6 Å². The summed E-state index contributed by atoms with van der Waals surface area (Å²) in [6.07, 6.45) is 0. The van der Waals surface area contributed by atoms with Crippen molar-refractivity contribution in [2.75, 3.05) is 10.6 Å². The smallest absolute Gasteiger partial charge is 0.267 e. The Morgan fingerprint density at radius 2 is 1.10 bits per heavy atom. The molecule has 0 fully saturated rings. The van der Waals surface area contributed by atoms with Gasteiger partial charge in [-0.25, -0.2) is 0 Å². The summed E-state index contributed by atoms with van der Waals surface area (Å²) < 4.78 is 0. The van der Waals surface area contributed by atoms with E-state index in [9.17, 15) is 14.7 Å². The van der Waals surface area contributed by atoms with Crippen LogP contribution in [0.4, 0.5) is 22.7 Å². The molecule has 0 heterocycles. The monoisotopic (exact) mass is 538 g/mol. The first-order valence-corrected chi connectivity index (χ1v) is 13.9. The fourth-order valence-electron chi connectivity index (χ4n) is 5.30. The van der Waals surface area contributed by atoms with Crippen LogP contribution in [-0.2, 0) is 16.2 Å². The molecule has 1 unspecified atom stereocenters. The van der Waals surface area contributed by atoms with Crippen LogP contribution in [0.2, 0.25) is 0 Å². The van der Waals surface area contributed by atoms with Crippen LogP contribution in [0.1, 0.15) is 90.5 Å². The SMILES string of the molecule is CC(c1c(O)c(=O)c1=O)C(C)(C)c1cc(N(c2ccc(C(C)(C)C)cc2)c2ccc(C(C)(C)C)cc2)ccc1N. The molecule has 4 aromatic carbocycles. The summed E-state index contributed by atoms with van der Waals surface area (Å²) in [6.45, 7) is 19.1. The fourth-order valence-corrected chi connectivity index (χ4v) is 5.30. The molecule has 0 aliphatic rings. The fraction of sp³-hybridized carbons (Fsp3) is 0.371. The summed E-state index contributed by atoms with van der Waals surface area (Å²) >= 11 is 0. The van der Waals surface area contributed by atoms with Gasteiger partial charge in [0.1, 0.15) is 0 Å². The minimum absolute atomic E-state index is 0.0346. The molecule has 0 radical (unpaired) electrons. The van der Waals surface area contributed by atoms with Gasteiger partial charge in [0, 0.05) is 22.7 Å². The van der Waals surface area contributed by atoms with Gasteiger partial charge in [-0.2, -0.15) is 0 Å². The summed E-state index contributed by atoms with van der Waals surface area (Å²) in [4.78, 5) is 26.3. The molecule has 0 aromatic heterocycles. The molecule has 3 N–H and O–H groups in total. The predicted octanol–water partition coefficient (Wildman–Crippen LogP) is 7.72. The molecule has 40 heavy (non-hydrogen) atoms. The Hall–Kier alpha value is -3.86. The van der Waals surface area contributed by atoms with Gasteiger partial charge in [-0.05, 0) is 81.3 Å². The normalized spacial score (nSPS) is 13.4. The van der Waals surface area contributed by atoms with Gasteiger partial charge >= 0.3 is 0 Å². The van der Waals surface area contributed by atoms with E-state index in [0.717, 1.165) is 22.6 Å². The second-order valence-electron chi connectivity index (χ2n) is 13.6. The van der Waals surface area contributed by atoms with Crippen LogP contribution < -0.4 is 21.5 Å². The van der Waals surface area contributed by atoms with Crippen molar-refractivity contribution in [3.8, 4) is 5.75 Å². The van der Waals surface area contributed by atoms with Gasteiger partial charge in [0.05, 0.1) is 5.56 Å². The minimum Gasteiger partial charge on any atom is -0.504 e. The second kappa shape index (κ2) is 9.96. The number of nitrogens with two attached hydrogens (primary N) is 1. The number of benzene rings is 3. The number of hydrogen-bond donors (Lipinski definition) is 2. The molecule has 210 valence electrons. The highest BCUT2D eigenvalue weighted by Crippen LogP contribution is 2.45. The summed E-state index contributed by atoms with van der Waals surface area (Å²) in [5, 5.41) is 10.2. The Bertz CT molecular complexity index is 1530. The van der Waals surface area contributed by atoms with Crippen LogP contribution >= 0.6 is 0 Å². The molecule has 5 nitrogen and oxygen atoms in total. The van der Waals surface area contributed by atoms with E-state index in [1.54, 1.807) is 0 Å². The third-order valence-corrected chi connectivity index (χ3v) is 8.41. The zero-order valence-corrected chi connectivity index (χ0v) is 25.2. The van der Waals surface area contributed by atoms with Gasteiger partial charge in [-0.15, -0.1) is 0 Å². The van der Waals surface area contributed by atoms with Crippen molar-refractivity contribution in [2.24, 2.45) is 0 Å². The van der Waals surface area contributed by atoms with Gasteiger partial charge < -0.3 is 15.7 Å². The Kier molecular flexibility index (Phi) is 7.25. The van der Waals surface area contributed by atoms with Crippen LogP contribution in [0, 0.1) is 0 Å². The van der Waals surface area contributed by atoms with E-state index in [2.05, 4.69) is 101 Å². The molecular weight excluding hydrogens is 496 g/mol. The Labute approximate surface area is 238 Å². The van der Waals surface area contributed by atoms with Crippen molar-refractivity contribution in [3.63, 3.8) is 0 Å². The Balaban J connectivity index is 1.86. The highest BCUT2D eigenvalue weighted by Gasteiger charge is 2.37. The summed E-state index contributed by atoms with van der Waals surface area (Å²) in [5.41, 5.74) is 11.6. The van der Waals surface area contributed by atoms with Crippen molar-refractivity contribution in [2.45, 2.75) is 84.5 Å². The largest absolute Gasteiger partial charge is 0.504 e. The molecule has 0 saturated heterocycles. The Morgan fingerprint density at radius 1 is 0.675 bits per heavy atom. The third-order valence-electron chi connectivity index (χ3n) is 8.41. The van der Waals surface area contributed by atoms with Gasteiger partial charge in [0.25, 0.3) is 5.43 Å². The maximum Gasteiger partial charge on any atom is 0.267 e. The molecule has 0 aliphatic carbocycles. The number of aromatic hydroxyl groups is 1. The lowest BCUT2D eigenvalue weighted by molar-refractivity contribution is 0.395. The lowest BCUT2D eigenvalue weighted by Crippen LogP contribution is -2.40. The molecule has 5 heteroatoms. The van der Waals surface area contributed by atoms with E-state index in [-0.39, 0.29) is 16.4 Å². The second-order valence-corrected chi connectivity index (χ2v) is 13.6. The topological polar surface area (TPSA) is 83.6 Å². The van der Waals surface area contributed by atoms with E-state index in [1.807, 2.05) is 32.9 Å². The van der Waals surface area contributed by atoms with Crippen LogP contribution in [-0.4, -0.2) is 5.11 Å². The highest BCUT2D eigenvalue weighted by atomic mass is 16.3. The van der Waals surface area contributed by atoms with Gasteiger partial charge in [-0.3, -0.25) is 9.59 Å². The molecular formula is C35H42N2O3. The molecule has 0 spiro atoms. The van der Waals surface area contributed by atoms with Crippen LogP contribution in [0.25, 0.3) is 0 Å². The average Bonchev–Trinajstić information content (AvgIpc) is 2.89. The van der Waals surface area contributed by atoms with Gasteiger partial charge in [0.2, 0.25) is 5.43 Å². The number of hydrogen-bond acceptors (Lipinski definition) is 5. The van der Waals surface area contributed by atoms with Gasteiger partial charge in [0.15, 0.2) is 5.75 Å². The molecule has 4 rings (SSSR count). The quantitative estimate of drug-likeness (QED) is 0.194. The van der Waals surface area contributed by atoms with E-state index < -0.39 is 27.9 Å². The summed E-state index contributed by atoms with van der Waals surface area (Å²) in [7, 11) is 0. The first-order valence-electron chi connectivity index (χ1n) is 13.9. The van der Waals surface area contributed by atoms with Crippen LogP contribution in [0.15, 0.2) is 76.3 Å². The molecule has 1 atom stereocenters. The first-order chi connectivity index (χ1) is 18.4. The van der Waals surface area contributed by atoms with Crippen LogP contribution in [0.3, 0.4) is 0 Å². The van der Waals surface area contributed by atoms with E-state index in [1.165, 1.54) is 11.1 Å². The third kappa shape index (κ3) is 5.17. The van der Waals surface area contributed by atoms with E-state index >= 15 is 0 Å². The Morgan fingerprint density at radius 3 is 1.50 bits per heavy atom. The highest BCUT2D eigenvalue weighted by molar-refractivity contribution is 5.78. The predicted molar refractivity (Wildman–Crippen MR) is 167 cm³/mol. The summed E-state index contributed by atoms with van der Waals surface area (Å²) in [6, 6.07) is 23.2. The van der Waals surface area contributed by atoms with Crippen molar-refractivity contribution in [1.29, 1.82) is 0 Å².